The van der Waals surface area contributed by atoms with Crippen LogP contribution in [0.3, 0.4) is 0 Å². The molecular weight excluding hydrogens is 450 g/mol. The van der Waals surface area contributed by atoms with E-state index in [1.165, 1.54) is 35.6 Å². The number of ether oxygens (including phenoxy) is 1. The minimum absolute atomic E-state index is 0.0340. The fourth-order valence-corrected chi connectivity index (χ4v) is 4.53. The molecule has 4 aromatic rings. The first-order valence-corrected chi connectivity index (χ1v) is 12.0. The lowest BCUT2D eigenvalue weighted by molar-refractivity contribution is 0.0279. The molecule has 1 atom stereocenters. The number of hydrogen-bond acceptors (Lipinski definition) is 8. The Balaban J connectivity index is 1.43. The monoisotopic (exact) mass is 469 g/mol. The predicted octanol–water partition coefficient (Wildman–Crippen LogP) is 4.19. The van der Waals surface area contributed by atoms with Gasteiger partial charge in [-0.05, 0) is 42.1 Å². The number of thiophene rings is 1. The van der Waals surface area contributed by atoms with Crippen molar-refractivity contribution in [2.24, 2.45) is 0 Å². The van der Waals surface area contributed by atoms with Crippen LogP contribution in [-0.4, -0.2) is 24.6 Å². The van der Waals surface area contributed by atoms with Crippen LogP contribution < -0.4 is 4.72 Å². The Morgan fingerprint density at radius 1 is 1.09 bits per heavy atom. The number of hydrogen-bond donors (Lipinski definition) is 1. The zero-order valence-corrected chi connectivity index (χ0v) is 18.6. The summed E-state index contributed by atoms with van der Waals surface area (Å²) in [6.45, 7) is 1.74. The summed E-state index contributed by atoms with van der Waals surface area (Å²) in [5.74, 6) is -0.209. The average molecular weight is 470 g/mol. The van der Waals surface area contributed by atoms with E-state index in [4.69, 9.17) is 9.15 Å². The molecule has 0 radical (unpaired) electrons. The van der Waals surface area contributed by atoms with E-state index >= 15 is 0 Å². The Labute approximate surface area is 188 Å². The van der Waals surface area contributed by atoms with Crippen molar-refractivity contribution in [3.8, 4) is 10.8 Å². The second-order valence-corrected chi connectivity index (χ2v) is 9.52. The highest BCUT2D eigenvalue weighted by atomic mass is 32.2. The van der Waals surface area contributed by atoms with Gasteiger partial charge in [0.2, 0.25) is 10.0 Å². The lowest BCUT2D eigenvalue weighted by Gasteiger charge is -2.11. The fraction of sp³-hybridized carbons (Fsp3) is 0.136. The van der Waals surface area contributed by atoms with Crippen LogP contribution in [0.1, 0.15) is 34.8 Å². The maximum absolute atomic E-state index is 12.6. The van der Waals surface area contributed by atoms with Crippen molar-refractivity contribution in [3.05, 3.63) is 89.1 Å². The molecule has 0 saturated heterocycles. The third-order valence-electron chi connectivity index (χ3n) is 4.49. The summed E-state index contributed by atoms with van der Waals surface area (Å²) < 4.78 is 38.8. The number of aromatic nitrogens is 2. The summed E-state index contributed by atoms with van der Waals surface area (Å²) in [5.41, 5.74) is 0.916. The fourth-order valence-electron chi connectivity index (χ4n) is 2.83. The van der Waals surface area contributed by atoms with Crippen LogP contribution in [0.2, 0.25) is 0 Å². The van der Waals surface area contributed by atoms with Crippen LogP contribution in [0, 0.1) is 0 Å². The van der Waals surface area contributed by atoms with E-state index in [-0.39, 0.29) is 22.9 Å². The molecule has 0 aliphatic rings. The van der Waals surface area contributed by atoms with E-state index in [1.54, 1.807) is 6.92 Å². The molecule has 2 aromatic heterocycles. The van der Waals surface area contributed by atoms with Gasteiger partial charge in [-0.25, -0.2) is 17.9 Å². The van der Waals surface area contributed by atoms with E-state index in [2.05, 4.69) is 14.9 Å². The van der Waals surface area contributed by atoms with Crippen LogP contribution in [0.4, 0.5) is 0 Å². The number of rotatable bonds is 8. The van der Waals surface area contributed by atoms with Gasteiger partial charge in [0.05, 0.1) is 15.3 Å². The number of nitrogens with one attached hydrogen (secondary N) is 1. The standard InChI is InChI=1S/C22H19N3O5S2/c1-15(20-24-25-21(30-20)19-11-6-12-31-19)29-22(26)17-9-5-10-18(13-17)32(27,28)23-14-16-7-3-2-4-8-16/h2-13,15,23H,14H2,1H3. The van der Waals surface area contributed by atoms with Crippen molar-refractivity contribution in [2.75, 3.05) is 0 Å². The zero-order valence-electron chi connectivity index (χ0n) is 17.0. The number of carbonyl (C=O) groups is 1. The average Bonchev–Trinajstić information content (AvgIpc) is 3.51. The van der Waals surface area contributed by atoms with Crippen LogP contribution in [-0.2, 0) is 21.3 Å². The van der Waals surface area contributed by atoms with Crippen LogP contribution in [0.5, 0.6) is 0 Å². The molecule has 2 heterocycles. The third kappa shape index (κ3) is 5.10. The van der Waals surface area contributed by atoms with Gasteiger partial charge in [0, 0.05) is 6.54 Å². The normalized spacial score (nSPS) is 12.4. The Hall–Kier alpha value is -3.34. The van der Waals surface area contributed by atoms with Crippen LogP contribution >= 0.6 is 11.3 Å². The molecule has 0 saturated carbocycles. The lowest BCUT2D eigenvalue weighted by Crippen LogP contribution is -2.23. The molecule has 0 bridgehead atoms. The van der Waals surface area contributed by atoms with Gasteiger partial charge >= 0.3 is 5.97 Å². The Kier molecular flexibility index (Phi) is 6.45. The quantitative estimate of drug-likeness (QED) is 0.385. The van der Waals surface area contributed by atoms with Gasteiger partial charge in [0.25, 0.3) is 11.8 Å². The van der Waals surface area contributed by atoms with E-state index in [9.17, 15) is 13.2 Å². The summed E-state index contributed by atoms with van der Waals surface area (Å²) in [4.78, 5) is 13.4. The Bertz CT molecular complexity index is 1300. The van der Waals surface area contributed by atoms with E-state index in [1.807, 2.05) is 47.8 Å². The van der Waals surface area contributed by atoms with Crippen LogP contribution in [0.15, 0.2) is 81.4 Å². The second kappa shape index (κ2) is 9.43. The molecule has 0 spiro atoms. The van der Waals surface area contributed by atoms with E-state index < -0.39 is 22.1 Å². The molecule has 32 heavy (non-hydrogen) atoms. The first-order valence-electron chi connectivity index (χ1n) is 9.64. The number of nitrogens with zero attached hydrogens (tertiary/aromatic N) is 2. The first kappa shape index (κ1) is 21.9. The minimum Gasteiger partial charge on any atom is -0.449 e. The lowest BCUT2D eigenvalue weighted by atomic mass is 10.2. The first-order chi connectivity index (χ1) is 15.4. The highest BCUT2D eigenvalue weighted by molar-refractivity contribution is 7.89. The van der Waals surface area contributed by atoms with Crippen molar-refractivity contribution in [1.29, 1.82) is 0 Å². The Morgan fingerprint density at radius 3 is 2.66 bits per heavy atom. The molecular formula is C22H19N3O5S2. The van der Waals surface area contributed by atoms with Gasteiger partial charge in [0.1, 0.15) is 0 Å². The maximum Gasteiger partial charge on any atom is 0.338 e. The molecule has 1 N–H and O–H groups in total. The maximum atomic E-state index is 12.6. The summed E-state index contributed by atoms with van der Waals surface area (Å²) in [6, 6.07) is 18.5. The van der Waals surface area contributed by atoms with Gasteiger partial charge in [0.15, 0.2) is 6.10 Å². The topological polar surface area (TPSA) is 111 Å². The molecule has 10 heteroatoms. The highest BCUT2D eigenvalue weighted by Crippen LogP contribution is 2.26. The predicted molar refractivity (Wildman–Crippen MR) is 118 cm³/mol. The molecule has 0 aliphatic heterocycles. The summed E-state index contributed by atoms with van der Waals surface area (Å²) in [7, 11) is -3.81. The molecule has 0 amide bonds. The second-order valence-electron chi connectivity index (χ2n) is 6.81. The van der Waals surface area contributed by atoms with Gasteiger partial charge in [-0.2, -0.15) is 0 Å². The van der Waals surface area contributed by atoms with Gasteiger partial charge < -0.3 is 9.15 Å². The van der Waals surface area contributed by atoms with Gasteiger partial charge in [-0.3, -0.25) is 0 Å². The summed E-state index contributed by atoms with van der Waals surface area (Å²) >= 11 is 1.45. The smallest absolute Gasteiger partial charge is 0.338 e. The largest absolute Gasteiger partial charge is 0.449 e. The van der Waals surface area contributed by atoms with Crippen molar-refractivity contribution in [3.63, 3.8) is 0 Å². The summed E-state index contributed by atoms with van der Waals surface area (Å²) in [5, 5.41) is 9.79. The molecule has 0 aliphatic carbocycles. The van der Waals surface area contributed by atoms with Gasteiger partial charge in [-0.1, -0.05) is 42.5 Å². The van der Waals surface area contributed by atoms with Crippen LogP contribution in [0.25, 0.3) is 10.8 Å². The number of carbonyl (C=O) groups excluding carboxylic acids is 1. The van der Waals surface area contributed by atoms with E-state index in [0.717, 1.165) is 10.4 Å². The number of benzene rings is 2. The number of esters is 1. The highest BCUT2D eigenvalue weighted by Gasteiger charge is 2.22. The molecule has 164 valence electrons. The molecule has 1 unspecified atom stereocenters. The SMILES string of the molecule is CC(OC(=O)c1cccc(S(=O)(=O)NCc2ccccc2)c1)c1nnc(-c2cccs2)o1. The number of sulfonamides is 1. The van der Waals surface area contributed by atoms with E-state index in [0.29, 0.717) is 5.89 Å². The molecule has 2 aromatic carbocycles. The molecule has 8 nitrogen and oxygen atoms in total. The Morgan fingerprint density at radius 2 is 1.91 bits per heavy atom. The third-order valence-corrected chi connectivity index (χ3v) is 6.75. The summed E-state index contributed by atoms with van der Waals surface area (Å²) in [6.07, 6.45) is -0.805. The van der Waals surface area contributed by atoms with Crippen molar-refractivity contribution in [2.45, 2.75) is 24.5 Å². The van der Waals surface area contributed by atoms with Crippen molar-refractivity contribution < 1.29 is 22.4 Å². The van der Waals surface area contributed by atoms with Gasteiger partial charge in [-0.15, -0.1) is 21.5 Å². The molecule has 4 rings (SSSR count). The molecule has 0 fully saturated rings. The van der Waals surface area contributed by atoms with Crippen molar-refractivity contribution >= 4 is 27.3 Å². The minimum atomic E-state index is -3.81. The zero-order chi connectivity index (χ0) is 22.6. The van der Waals surface area contributed by atoms with Crippen molar-refractivity contribution in [1.82, 2.24) is 14.9 Å².